The van der Waals surface area contributed by atoms with Crippen molar-refractivity contribution in [3.05, 3.63) is 48.6 Å². The third kappa shape index (κ3) is 9.70. The van der Waals surface area contributed by atoms with Gasteiger partial charge in [0, 0.05) is 6.61 Å². The van der Waals surface area contributed by atoms with Crippen LogP contribution in [0.4, 0.5) is 0 Å². The maximum Gasteiger partial charge on any atom is 0.320 e. The normalized spacial score (nSPS) is 11.8. The topological polar surface area (TPSA) is 61.8 Å². The highest BCUT2D eigenvalue weighted by molar-refractivity contribution is 5.94. The average molecular weight is 391 g/mol. The molecule has 0 amide bonds. The predicted octanol–water partition coefficient (Wildman–Crippen LogP) is 4.70. The number of esters is 2. The summed E-state index contributed by atoms with van der Waals surface area (Å²) < 4.78 is 15.8. The predicted molar refractivity (Wildman–Crippen MR) is 110 cm³/mol. The molecule has 156 valence electrons. The molecule has 0 bridgehead atoms. The number of hydrogen-bond acceptors (Lipinski definition) is 5. The summed E-state index contributed by atoms with van der Waals surface area (Å²) in [5.74, 6) is -1.67. The molecular formula is C23H34O5. The first-order chi connectivity index (χ1) is 13.6. The molecule has 5 nitrogen and oxygen atoms in total. The number of ether oxygens (including phenoxy) is 3. The van der Waals surface area contributed by atoms with Crippen molar-refractivity contribution in [2.75, 3.05) is 19.8 Å². The molecule has 0 aliphatic rings. The Morgan fingerprint density at radius 3 is 2.25 bits per heavy atom. The van der Waals surface area contributed by atoms with Crippen LogP contribution in [0, 0.1) is 11.8 Å². The number of rotatable bonds is 15. The summed E-state index contributed by atoms with van der Waals surface area (Å²) in [5, 5.41) is 0. The fourth-order valence-electron chi connectivity index (χ4n) is 3.08. The summed E-state index contributed by atoms with van der Waals surface area (Å²) in [4.78, 5) is 24.4. The van der Waals surface area contributed by atoms with E-state index < -0.39 is 17.9 Å². The van der Waals surface area contributed by atoms with Crippen LogP contribution in [0.25, 0.3) is 0 Å². The minimum atomic E-state index is -0.862. The maximum atomic E-state index is 12.2. The largest absolute Gasteiger partial charge is 0.465 e. The van der Waals surface area contributed by atoms with Crippen molar-refractivity contribution in [2.24, 2.45) is 11.8 Å². The van der Waals surface area contributed by atoms with E-state index in [1.165, 1.54) is 5.56 Å². The second-order valence-electron chi connectivity index (χ2n) is 6.72. The van der Waals surface area contributed by atoms with Crippen molar-refractivity contribution < 1.29 is 23.8 Å². The third-order valence-corrected chi connectivity index (χ3v) is 4.47. The number of allylic oxidation sites excluding steroid dienone is 1. The molecule has 0 N–H and O–H groups in total. The van der Waals surface area contributed by atoms with E-state index in [4.69, 9.17) is 14.2 Å². The quantitative estimate of drug-likeness (QED) is 0.188. The molecule has 0 fully saturated rings. The summed E-state index contributed by atoms with van der Waals surface area (Å²) >= 11 is 0. The zero-order valence-electron chi connectivity index (χ0n) is 17.2. The molecule has 0 spiro atoms. The molecule has 0 aromatic heterocycles. The van der Waals surface area contributed by atoms with Crippen LogP contribution in [-0.4, -0.2) is 31.8 Å². The SMILES string of the molecule is C=CC[C@@H](CCCCOCc1ccccc1)CC(C(=O)OCC)C(=O)OCC. The van der Waals surface area contributed by atoms with Gasteiger partial charge in [0.25, 0.3) is 0 Å². The van der Waals surface area contributed by atoms with Crippen LogP contribution in [0.2, 0.25) is 0 Å². The molecule has 0 saturated carbocycles. The highest BCUT2D eigenvalue weighted by Crippen LogP contribution is 2.24. The van der Waals surface area contributed by atoms with Crippen molar-refractivity contribution >= 4 is 11.9 Å². The molecule has 1 atom stereocenters. The van der Waals surface area contributed by atoms with Gasteiger partial charge in [-0.05, 0) is 44.6 Å². The van der Waals surface area contributed by atoms with Crippen LogP contribution in [-0.2, 0) is 30.4 Å². The Labute approximate surface area is 169 Å². The fraction of sp³-hybridized carbons (Fsp3) is 0.565. The summed E-state index contributed by atoms with van der Waals surface area (Å²) in [6.45, 7) is 9.07. The zero-order valence-corrected chi connectivity index (χ0v) is 17.2. The van der Waals surface area contributed by atoms with E-state index in [1.54, 1.807) is 13.8 Å². The van der Waals surface area contributed by atoms with Gasteiger partial charge in [-0.25, -0.2) is 0 Å². The highest BCUT2D eigenvalue weighted by atomic mass is 16.6. The number of hydrogen-bond donors (Lipinski definition) is 0. The van der Waals surface area contributed by atoms with E-state index in [0.717, 1.165) is 25.7 Å². The lowest BCUT2D eigenvalue weighted by Crippen LogP contribution is -2.30. The Kier molecular flexibility index (Phi) is 12.7. The number of carbonyl (C=O) groups excluding carboxylic acids is 2. The molecule has 0 unspecified atom stereocenters. The van der Waals surface area contributed by atoms with E-state index in [2.05, 4.69) is 6.58 Å². The maximum absolute atomic E-state index is 12.2. The van der Waals surface area contributed by atoms with E-state index in [-0.39, 0.29) is 19.1 Å². The lowest BCUT2D eigenvalue weighted by atomic mass is 9.88. The van der Waals surface area contributed by atoms with Crippen molar-refractivity contribution in [2.45, 2.75) is 52.6 Å². The van der Waals surface area contributed by atoms with Gasteiger partial charge >= 0.3 is 11.9 Å². The van der Waals surface area contributed by atoms with Crippen molar-refractivity contribution in [1.29, 1.82) is 0 Å². The molecular weight excluding hydrogens is 356 g/mol. The third-order valence-electron chi connectivity index (χ3n) is 4.47. The molecule has 0 saturated heterocycles. The Morgan fingerprint density at radius 2 is 1.68 bits per heavy atom. The highest BCUT2D eigenvalue weighted by Gasteiger charge is 2.31. The molecule has 1 rings (SSSR count). The molecule has 0 aliphatic heterocycles. The first kappa shape index (κ1) is 23.9. The van der Waals surface area contributed by atoms with E-state index in [0.29, 0.717) is 19.6 Å². The lowest BCUT2D eigenvalue weighted by Gasteiger charge is -2.20. The monoisotopic (exact) mass is 390 g/mol. The van der Waals surface area contributed by atoms with Crippen LogP contribution >= 0.6 is 0 Å². The van der Waals surface area contributed by atoms with Crippen LogP contribution in [0.1, 0.15) is 51.5 Å². The first-order valence-corrected chi connectivity index (χ1v) is 10.2. The van der Waals surface area contributed by atoms with E-state index >= 15 is 0 Å². The van der Waals surface area contributed by atoms with E-state index in [1.807, 2.05) is 36.4 Å². The minimum absolute atomic E-state index is 0.186. The van der Waals surface area contributed by atoms with Crippen LogP contribution in [0.5, 0.6) is 0 Å². The summed E-state index contributed by atoms with van der Waals surface area (Å²) in [6.07, 6.45) is 5.81. The van der Waals surface area contributed by atoms with Crippen molar-refractivity contribution in [3.8, 4) is 0 Å². The molecule has 5 heteroatoms. The van der Waals surface area contributed by atoms with Gasteiger partial charge in [-0.2, -0.15) is 0 Å². The Balaban J connectivity index is 2.42. The molecule has 1 aromatic carbocycles. The van der Waals surface area contributed by atoms with Gasteiger partial charge in [-0.1, -0.05) is 49.2 Å². The van der Waals surface area contributed by atoms with Gasteiger partial charge in [0.2, 0.25) is 0 Å². The van der Waals surface area contributed by atoms with Crippen molar-refractivity contribution in [3.63, 3.8) is 0 Å². The standard InChI is InChI=1S/C23H34O5/c1-4-12-19(17-21(22(24)27-5-2)23(25)28-6-3)13-10-11-16-26-18-20-14-8-7-9-15-20/h4,7-9,14-15,19,21H,1,5-6,10-13,16-18H2,2-3H3/t19-/m0/s1. The molecule has 0 heterocycles. The van der Waals surface area contributed by atoms with Gasteiger partial charge in [0.05, 0.1) is 19.8 Å². The number of unbranched alkanes of at least 4 members (excludes halogenated alkanes) is 1. The molecule has 0 aliphatic carbocycles. The molecule has 1 aromatic rings. The van der Waals surface area contributed by atoms with Crippen LogP contribution in [0.15, 0.2) is 43.0 Å². The summed E-state index contributed by atoms with van der Waals surface area (Å²) in [5.41, 5.74) is 1.17. The van der Waals surface area contributed by atoms with Gasteiger partial charge < -0.3 is 14.2 Å². The molecule has 28 heavy (non-hydrogen) atoms. The fourth-order valence-corrected chi connectivity index (χ4v) is 3.08. The smallest absolute Gasteiger partial charge is 0.320 e. The van der Waals surface area contributed by atoms with Gasteiger partial charge in [0.1, 0.15) is 0 Å². The average Bonchev–Trinajstić information content (AvgIpc) is 2.69. The Bertz CT molecular complexity index is 552. The minimum Gasteiger partial charge on any atom is -0.465 e. The lowest BCUT2D eigenvalue weighted by molar-refractivity contribution is -0.162. The zero-order chi connectivity index (χ0) is 20.6. The van der Waals surface area contributed by atoms with Crippen molar-refractivity contribution in [1.82, 2.24) is 0 Å². The van der Waals surface area contributed by atoms with Crippen LogP contribution in [0.3, 0.4) is 0 Å². The second-order valence-corrected chi connectivity index (χ2v) is 6.72. The summed E-state index contributed by atoms with van der Waals surface area (Å²) in [6, 6.07) is 10.1. The number of carbonyl (C=O) groups is 2. The second kappa shape index (κ2) is 14.9. The Hall–Kier alpha value is -2.14. The summed E-state index contributed by atoms with van der Waals surface area (Å²) in [7, 11) is 0. The molecule has 0 radical (unpaired) electrons. The van der Waals surface area contributed by atoms with E-state index in [9.17, 15) is 9.59 Å². The Morgan fingerprint density at radius 1 is 1.04 bits per heavy atom. The van der Waals surface area contributed by atoms with Gasteiger partial charge in [0.15, 0.2) is 5.92 Å². The number of benzene rings is 1. The van der Waals surface area contributed by atoms with Gasteiger partial charge in [-0.3, -0.25) is 9.59 Å². The first-order valence-electron chi connectivity index (χ1n) is 10.2. The van der Waals surface area contributed by atoms with Gasteiger partial charge in [-0.15, -0.1) is 6.58 Å². The van der Waals surface area contributed by atoms with Crippen LogP contribution < -0.4 is 0 Å².